The van der Waals surface area contributed by atoms with Crippen LogP contribution in [-0.2, 0) is 47.4 Å². The van der Waals surface area contributed by atoms with Gasteiger partial charge in [-0.1, -0.05) is 0 Å². The number of hydrogen-bond donors (Lipinski definition) is 0. The van der Waals surface area contributed by atoms with Crippen molar-refractivity contribution < 1.29 is 47.4 Å². The lowest BCUT2D eigenvalue weighted by Gasteiger charge is -2.33. The van der Waals surface area contributed by atoms with Crippen LogP contribution in [0, 0.1) is 0 Å². The summed E-state index contributed by atoms with van der Waals surface area (Å²) in [6.07, 6.45) is 0.291. The first kappa shape index (κ1) is 39.6. The Balaban J connectivity index is 4.73. The van der Waals surface area contributed by atoms with Gasteiger partial charge >= 0.3 is 0 Å². The van der Waals surface area contributed by atoms with E-state index in [4.69, 9.17) is 47.4 Å². The Bertz CT molecular complexity index is 469. The van der Waals surface area contributed by atoms with Crippen LogP contribution < -0.4 is 0 Å². The summed E-state index contributed by atoms with van der Waals surface area (Å²) < 4.78 is 59.3. The summed E-state index contributed by atoms with van der Waals surface area (Å²) in [5, 5.41) is 0. The van der Waals surface area contributed by atoms with Crippen LogP contribution in [0.5, 0.6) is 0 Å². The van der Waals surface area contributed by atoms with E-state index < -0.39 is 0 Å². The SMILES string of the molecule is CCOCC(OCC)C(OCC)C(COCCCCOCC(OCC)C(OCC)C(COCC)OCC)OCC. The second-order valence-electron chi connectivity index (χ2n) is 8.99. The van der Waals surface area contributed by atoms with Crippen LogP contribution in [0.25, 0.3) is 0 Å². The zero-order valence-electron chi connectivity index (χ0n) is 26.9. The van der Waals surface area contributed by atoms with Gasteiger partial charge in [0.25, 0.3) is 0 Å². The second kappa shape index (κ2) is 28.7. The van der Waals surface area contributed by atoms with Crippen LogP contribution >= 0.6 is 0 Å². The van der Waals surface area contributed by atoms with Crippen LogP contribution in [0.2, 0.25) is 0 Å². The Morgan fingerprint density at radius 3 is 0.850 bits per heavy atom. The lowest BCUT2D eigenvalue weighted by atomic mass is 10.1. The van der Waals surface area contributed by atoms with Gasteiger partial charge in [-0.25, -0.2) is 0 Å². The number of rotatable bonds is 31. The van der Waals surface area contributed by atoms with Crippen molar-refractivity contribution in [2.24, 2.45) is 0 Å². The topological polar surface area (TPSA) is 92.3 Å². The average molecular weight is 583 g/mol. The van der Waals surface area contributed by atoms with Gasteiger partial charge in [0.15, 0.2) is 0 Å². The molecule has 0 bridgehead atoms. The lowest BCUT2D eigenvalue weighted by Crippen LogP contribution is -2.47. The highest BCUT2D eigenvalue weighted by Crippen LogP contribution is 2.16. The summed E-state index contributed by atoms with van der Waals surface area (Å²) >= 11 is 0. The smallest absolute Gasteiger partial charge is 0.114 e. The molecule has 10 nitrogen and oxygen atoms in total. The number of ether oxygens (including phenoxy) is 10. The monoisotopic (exact) mass is 582 g/mol. The molecule has 0 heterocycles. The Labute approximate surface area is 244 Å². The highest BCUT2D eigenvalue weighted by molar-refractivity contribution is 4.81. The van der Waals surface area contributed by atoms with E-state index in [-0.39, 0.29) is 36.6 Å². The van der Waals surface area contributed by atoms with Gasteiger partial charge < -0.3 is 47.4 Å². The first-order chi connectivity index (χ1) is 19.6. The summed E-state index contributed by atoms with van der Waals surface area (Å²) in [7, 11) is 0. The zero-order valence-corrected chi connectivity index (χ0v) is 26.9. The van der Waals surface area contributed by atoms with Gasteiger partial charge in [-0.3, -0.25) is 0 Å². The standard InChI is InChI=1S/C30H62O10/c1-9-31-21-25(35-11-3)29(39-15-7)27(37-13-5)23-33-19-17-18-20-34-24-28(38-14-6)30(40-16-8)26(36-12-4)22-32-10-2/h25-30H,9-24H2,1-8H3. The molecule has 0 aromatic carbocycles. The van der Waals surface area contributed by atoms with E-state index in [2.05, 4.69) is 0 Å². The fourth-order valence-electron chi connectivity index (χ4n) is 4.38. The van der Waals surface area contributed by atoms with Crippen LogP contribution in [0.1, 0.15) is 68.2 Å². The van der Waals surface area contributed by atoms with E-state index in [0.29, 0.717) is 92.5 Å². The predicted octanol–water partition coefficient (Wildman–Crippen LogP) is 4.30. The van der Waals surface area contributed by atoms with Crippen molar-refractivity contribution >= 4 is 0 Å². The lowest BCUT2D eigenvalue weighted by molar-refractivity contribution is -0.166. The fourth-order valence-corrected chi connectivity index (χ4v) is 4.38. The Kier molecular flexibility index (Phi) is 28.4. The molecule has 0 saturated heterocycles. The highest BCUT2D eigenvalue weighted by atomic mass is 16.6. The van der Waals surface area contributed by atoms with Gasteiger partial charge in [0.2, 0.25) is 0 Å². The molecule has 0 aliphatic carbocycles. The molecular formula is C30H62O10. The normalized spacial score (nSPS) is 16.5. The van der Waals surface area contributed by atoms with Gasteiger partial charge in [0.05, 0.1) is 26.4 Å². The maximum atomic E-state index is 6.04. The van der Waals surface area contributed by atoms with Gasteiger partial charge in [0.1, 0.15) is 36.6 Å². The van der Waals surface area contributed by atoms with Crippen LogP contribution in [0.4, 0.5) is 0 Å². The highest BCUT2D eigenvalue weighted by Gasteiger charge is 2.33. The van der Waals surface area contributed by atoms with E-state index in [0.717, 1.165) is 12.8 Å². The molecule has 0 aromatic rings. The van der Waals surface area contributed by atoms with E-state index in [9.17, 15) is 0 Å². The van der Waals surface area contributed by atoms with E-state index in [1.54, 1.807) is 0 Å². The van der Waals surface area contributed by atoms with E-state index in [1.165, 1.54) is 0 Å². The number of hydrogen-bond acceptors (Lipinski definition) is 10. The molecule has 242 valence electrons. The Morgan fingerprint density at radius 1 is 0.325 bits per heavy atom. The molecule has 0 aliphatic heterocycles. The molecule has 0 aliphatic rings. The van der Waals surface area contributed by atoms with Crippen molar-refractivity contribution in [3.63, 3.8) is 0 Å². The molecule has 40 heavy (non-hydrogen) atoms. The molecule has 0 N–H and O–H groups in total. The largest absolute Gasteiger partial charge is 0.379 e. The Hall–Kier alpha value is -0.400. The fraction of sp³-hybridized carbons (Fsp3) is 1.00. The molecule has 0 fully saturated rings. The van der Waals surface area contributed by atoms with Crippen molar-refractivity contribution in [3.05, 3.63) is 0 Å². The molecule has 6 atom stereocenters. The van der Waals surface area contributed by atoms with Crippen LogP contribution in [-0.4, -0.2) is 129 Å². The molecule has 0 amide bonds. The third-order valence-corrected chi connectivity index (χ3v) is 6.07. The summed E-state index contributed by atoms with van der Waals surface area (Å²) in [6, 6.07) is 0. The maximum Gasteiger partial charge on any atom is 0.114 e. The number of unbranched alkanes of at least 4 members (excludes halogenated alkanes) is 1. The summed E-state index contributed by atoms with van der Waals surface area (Å²) in [5.41, 5.74) is 0. The quantitative estimate of drug-likeness (QED) is 0.110. The molecule has 0 radical (unpaired) electrons. The minimum Gasteiger partial charge on any atom is -0.379 e. The van der Waals surface area contributed by atoms with Crippen molar-refractivity contribution in [2.75, 3.05) is 92.5 Å². The second-order valence-corrected chi connectivity index (χ2v) is 8.99. The third kappa shape index (κ3) is 18.2. The molecule has 10 heteroatoms. The maximum absolute atomic E-state index is 6.04. The van der Waals surface area contributed by atoms with E-state index >= 15 is 0 Å². The molecule has 0 rings (SSSR count). The molecule has 0 saturated carbocycles. The molecule has 0 aromatic heterocycles. The van der Waals surface area contributed by atoms with E-state index in [1.807, 2.05) is 55.4 Å². The minimum atomic E-state index is -0.267. The van der Waals surface area contributed by atoms with Gasteiger partial charge in [0, 0.05) is 66.1 Å². The molecule has 0 spiro atoms. The van der Waals surface area contributed by atoms with Crippen molar-refractivity contribution in [1.29, 1.82) is 0 Å². The van der Waals surface area contributed by atoms with Crippen LogP contribution in [0.3, 0.4) is 0 Å². The first-order valence-corrected chi connectivity index (χ1v) is 15.6. The van der Waals surface area contributed by atoms with Gasteiger partial charge in [-0.15, -0.1) is 0 Å². The van der Waals surface area contributed by atoms with Crippen LogP contribution in [0.15, 0.2) is 0 Å². The first-order valence-electron chi connectivity index (χ1n) is 15.6. The minimum absolute atomic E-state index is 0.215. The third-order valence-electron chi connectivity index (χ3n) is 6.07. The predicted molar refractivity (Wildman–Crippen MR) is 156 cm³/mol. The summed E-state index contributed by atoms with van der Waals surface area (Å²) in [4.78, 5) is 0. The van der Waals surface area contributed by atoms with Gasteiger partial charge in [-0.05, 0) is 68.2 Å². The van der Waals surface area contributed by atoms with Crippen molar-refractivity contribution in [2.45, 2.75) is 105 Å². The average Bonchev–Trinajstić information content (AvgIpc) is 2.95. The molecular weight excluding hydrogens is 520 g/mol. The Morgan fingerprint density at radius 2 is 0.600 bits per heavy atom. The van der Waals surface area contributed by atoms with Crippen molar-refractivity contribution in [3.8, 4) is 0 Å². The molecule has 6 unspecified atom stereocenters. The zero-order chi connectivity index (χ0) is 29.8. The van der Waals surface area contributed by atoms with Crippen molar-refractivity contribution in [1.82, 2.24) is 0 Å². The summed E-state index contributed by atoms with van der Waals surface area (Å²) in [6.45, 7) is 23.4. The summed E-state index contributed by atoms with van der Waals surface area (Å²) in [5.74, 6) is 0. The van der Waals surface area contributed by atoms with Gasteiger partial charge in [-0.2, -0.15) is 0 Å².